The minimum absolute atomic E-state index is 0.0872. The van der Waals surface area contributed by atoms with Crippen LogP contribution < -0.4 is 15.1 Å². The molecule has 0 saturated carbocycles. The van der Waals surface area contributed by atoms with E-state index in [0.29, 0.717) is 4.88 Å². The van der Waals surface area contributed by atoms with Crippen LogP contribution in [0.1, 0.15) is 37.4 Å². The molecule has 2 rings (SSSR count). The first-order valence-corrected chi connectivity index (χ1v) is 9.38. The molecule has 0 bridgehead atoms. The minimum Gasteiger partial charge on any atom is -0.357 e. The number of carbonyl (C=O) groups excluding carboxylic acids is 1. The van der Waals surface area contributed by atoms with E-state index in [0.717, 1.165) is 43.5 Å². The summed E-state index contributed by atoms with van der Waals surface area (Å²) in [6.45, 7) is 11.9. The van der Waals surface area contributed by atoms with Crippen molar-refractivity contribution in [3.8, 4) is 0 Å². The van der Waals surface area contributed by atoms with E-state index in [1.54, 1.807) is 0 Å². The van der Waals surface area contributed by atoms with Crippen molar-refractivity contribution in [3.05, 3.63) is 34.5 Å². The highest BCUT2D eigenvalue weighted by Gasteiger charge is 2.16. The Bertz CT molecular complexity index is 649. The van der Waals surface area contributed by atoms with Gasteiger partial charge in [-0.15, -0.1) is 11.3 Å². The quantitative estimate of drug-likeness (QED) is 0.782. The monoisotopic (exact) mass is 346 g/mol. The lowest BCUT2D eigenvalue weighted by Crippen LogP contribution is -2.28. The zero-order chi connectivity index (χ0) is 17.5. The standard InChI is InChI=1S/C18H26N4OS/c1-5-21(6-2)16-12-11-14(17(20-16)22(7-3)8-4)19-18(23)15-10-9-13-24-15/h9-13H,5-8H2,1-4H3,(H,19,23). The van der Waals surface area contributed by atoms with E-state index >= 15 is 0 Å². The van der Waals surface area contributed by atoms with Gasteiger partial charge in [-0.25, -0.2) is 4.98 Å². The van der Waals surface area contributed by atoms with Gasteiger partial charge in [0.2, 0.25) is 0 Å². The number of hydrogen-bond donors (Lipinski definition) is 1. The molecule has 0 atom stereocenters. The number of hydrogen-bond acceptors (Lipinski definition) is 5. The fourth-order valence-corrected chi connectivity index (χ4v) is 3.23. The van der Waals surface area contributed by atoms with Crippen LogP contribution in [0.15, 0.2) is 29.6 Å². The Morgan fingerprint density at radius 2 is 1.71 bits per heavy atom. The molecule has 0 unspecified atom stereocenters. The van der Waals surface area contributed by atoms with Crippen LogP contribution in [0, 0.1) is 0 Å². The summed E-state index contributed by atoms with van der Waals surface area (Å²) in [4.78, 5) is 22.3. The predicted octanol–water partition coefficient (Wildman–Crippen LogP) is 4.09. The van der Waals surface area contributed by atoms with E-state index in [4.69, 9.17) is 4.98 Å². The summed E-state index contributed by atoms with van der Waals surface area (Å²) >= 11 is 1.44. The van der Waals surface area contributed by atoms with E-state index in [2.05, 4.69) is 42.8 Å². The van der Waals surface area contributed by atoms with Crippen LogP contribution in [0.25, 0.3) is 0 Å². The molecule has 0 radical (unpaired) electrons. The van der Waals surface area contributed by atoms with E-state index in [-0.39, 0.29) is 5.91 Å². The largest absolute Gasteiger partial charge is 0.357 e. The number of nitrogens with one attached hydrogen (secondary N) is 1. The average Bonchev–Trinajstić information content (AvgIpc) is 3.13. The average molecular weight is 347 g/mol. The van der Waals surface area contributed by atoms with Crippen molar-refractivity contribution in [2.24, 2.45) is 0 Å². The first-order chi connectivity index (χ1) is 11.6. The molecule has 0 saturated heterocycles. The topological polar surface area (TPSA) is 48.5 Å². The molecule has 6 heteroatoms. The highest BCUT2D eigenvalue weighted by molar-refractivity contribution is 7.12. The van der Waals surface area contributed by atoms with E-state index < -0.39 is 0 Å². The van der Waals surface area contributed by atoms with Crippen molar-refractivity contribution in [2.75, 3.05) is 41.3 Å². The molecule has 0 aliphatic heterocycles. The second-order valence-electron chi connectivity index (χ2n) is 5.32. The summed E-state index contributed by atoms with van der Waals surface area (Å²) in [5, 5.41) is 4.92. The van der Waals surface area contributed by atoms with Crippen LogP contribution in [0.3, 0.4) is 0 Å². The van der Waals surface area contributed by atoms with Crippen molar-refractivity contribution in [1.29, 1.82) is 0 Å². The van der Waals surface area contributed by atoms with E-state index in [1.807, 2.05) is 29.6 Å². The molecule has 0 aliphatic rings. The molecular formula is C18H26N4OS. The first-order valence-electron chi connectivity index (χ1n) is 8.50. The second kappa shape index (κ2) is 8.68. The Kier molecular flexibility index (Phi) is 6.61. The van der Waals surface area contributed by atoms with Gasteiger partial charge in [-0.2, -0.15) is 0 Å². The first kappa shape index (κ1) is 18.3. The highest BCUT2D eigenvalue weighted by atomic mass is 32.1. The minimum atomic E-state index is -0.0872. The SMILES string of the molecule is CCN(CC)c1ccc(NC(=O)c2cccs2)c(N(CC)CC)n1. The molecular weight excluding hydrogens is 320 g/mol. The fraction of sp³-hybridized carbons (Fsp3) is 0.444. The Hall–Kier alpha value is -2.08. The number of nitrogens with zero attached hydrogens (tertiary/aromatic N) is 3. The maximum absolute atomic E-state index is 12.4. The predicted molar refractivity (Wildman–Crippen MR) is 104 cm³/mol. The summed E-state index contributed by atoms with van der Waals surface area (Å²) in [5.74, 6) is 1.68. The van der Waals surface area contributed by atoms with Crippen molar-refractivity contribution in [1.82, 2.24) is 4.98 Å². The molecule has 2 heterocycles. The van der Waals surface area contributed by atoms with Gasteiger partial charge in [-0.05, 0) is 51.3 Å². The molecule has 2 aromatic rings. The van der Waals surface area contributed by atoms with Crippen LogP contribution >= 0.6 is 11.3 Å². The van der Waals surface area contributed by atoms with Crippen molar-refractivity contribution in [3.63, 3.8) is 0 Å². The maximum atomic E-state index is 12.4. The smallest absolute Gasteiger partial charge is 0.265 e. The van der Waals surface area contributed by atoms with Gasteiger partial charge in [0.05, 0.1) is 10.6 Å². The third kappa shape index (κ3) is 4.06. The molecule has 0 aliphatic carbocycles. The molecule has 2 aromatic heterocycles. The van der Waals surface area contributed by atoms with Gasteiger partial charge in [-0.1, -0.05) is 6.07 Å². The zero-order valence-corrected chi connectivity index (χ0v) is 15.7. The molecule has 0 spiro atoms. The lowest BCUT2D eigenvalue weighted by atomic mass is 10.3. The summed E-state index contributed by atoms with van der Waals surface area (Å²) < 4.78 is 0. The molecule has 5 nitrogen and oxygen atoms in total. The lowest BCUT2D eigenvalue weighted by molar-refractivity contribution is 0.103. The van der Waals surface area contributed by atoms with E-state index in [1.165, 1.54) is 11.3 Å². The maximum Gasteiger partial charge on any atom is 0.265 e. The number of amides is 1. The van der Waals surface area contributed by atoms with Crippen LogP contribution in [0.4, 0.5) is 17.3 Å². The van der Waals surface area contributed by atoms with Crippen molar-refractivity contribution < 1.29 is 4.79 Å². The van der Waals surface area contributed by atoms with Gasteiger partial charge in [0.15, 0.2) is 5.82 Å². The number of pyridine rings is 1. The molecule has 0 fully saturated rings. The number of thiophene rings is 1. The summed E-state index contributed by atoms with van der Waals surface area (Å²) in [5.41, 5.74) is 0.757. The van der Waals surface area contributed by atoms with Crippen LogP contribution in [-0.4, -0.2) is 37.1 Å². The molecule has 1 amide bonds. The summed E-state index contributed by atoms with van der Waals surface area (Å²) in [6, 6.07) is 7.64. The van der Waals surface area contributed by atoms with E-state index in [9.17, 15) is 4.79 Å². The molecule has 1 N–H and O–H groups in total. The number of rotatable bonds is 8. The summed E-state index contributed by atoms with van der Waals surface area (Å²) in [7, 11) is 0. The fourth-order valence-electron chi connectivity index (χ4n) is 2.62. The zero-order valence-electron chi connectivity index (χ0n) is 14.9. The Labute approximate surface area is 148 Å². The summed E-state index contributed by atoms with van der Waals surface area (Å²) in [6.07, 6.45) is 0. The second-order valence-corrected chi connectivity index (χ2v) is 6.26. The Morgan fingerprint density at radius 3 is 2.25 bits per heavy atom. The van der Waals surface area contributed by atoms with Crippen molar-refractivity contribution in [2.45, 2.75) is 27.7 Å². The Morgan fingerprint density at radius 1 is 1.04 bits per heavy atom. The third-order valence-corrected chi connectivity index (χ3v) is 4.87. The third-order valence-electron chi connectivity index (χ3n) is 4.00. The van der Waals surface area contributed by atoms with Gasteiger partial charge in [0.25, 0.3) is 5.91 Å². The van der Waals surface area contributed by atoms with Crippen molar-refractivity contribution >= 4 is 34.6 Å². The van der Waals surface area contributed by atoms with Gasteiger partial charge < -0.3 is 15.1 Å². The van der Waals surface area contributed by atoms with Crippen LogP contribution in [0.2, 0.25) is 0 Å². The molecule has 130 valence electrons. The normalized spacial score (nSPS) is 10.5. The highest BCUT2D eigenvalue weighted by Crippen LogP contribution is 2.28. The molecule has 0 aromatic carbocycles. The van der Waals surface area contributed by atoms with Crippen LogP contribution in [-0.2, 0) is 0 Å². The Balaban J connectivity index is 2.36. The van der Waals surface area contributed by atoms with Gasteiger partial charge in [0, 0.05) is 26.2 Å². The lowest BCUT2D eigenvalue weighted by Gasteiger charge is -2.26. The van der Waals surface area contributed by atoms with Crippen LogP contribution in [0.5, 0.6) is 0 Å². The number of aromatic nitrogens is 1. The molecule has 24 heavy (non-hydrogen) atoms. The van der Waals surface area contributed by atoms with Gasteiger partial charge in [-0.3, -0.25) is 4.79 Å². The number of anilines is 3. The van der Waals surface area contributed by atoms with Gasteiger partial charge >= 0.3 is 0 Å². The van der Waals surface area contributed by atoms with Gasteiger partial charge in [0.1, 0.15) is 5.82 Å². The number of carbonyl (C=O) groups is 1.